The topological polar surface area (TPSA) is 38.2 Å². The maximum absolute atomic E-state index is 5.43. The molecule has 1 aromatic rings. The lowest BCUT2D eigenvalue weighted by atomic mass is 10.2. The summed E-state index contributed by atoms with van der Waals surface area (Å²) in [5, 5.41) is 0.930. The second kappa shape index (κ2) is 5.53. The minimum Gasteiger partial charge on any atom is -0.378 e. The van der Waals surface area contributed by atoms with Gasteiger partial charge in [0.15, 0.2) is 0 Å². The maximum Gasteiger partial charge on any atom is 0.142 e. The summed E-state index contributed by atoms with van der Waals surface area (Å²) in [6, 6.07) is 2.27. The van der Waals surface area contributed by atoms with E-state index >= 15 is 0 Å². The molecule has 2 rings (SSSR count). The van der Waals surface area contributed by atoms with Crippen molar-refractivity contribution >= 4 is 15.9 Å². The predicted octanol–water partition coefficient (Wildman–Crippen LogP) is 1.07. The Balaban J connectivity index is 1.97. The highest BCUT2D eigenvalue weighted by molar-refractivity contribution is 9.09. The van der Waals surface area contributed by atoms with Crippen molar-refractivity contribution in [3.05, 3.63) is 24.3 Å². The third-order valence-electron chi connectivity index (χ3n) is 2.49. The van der Waals surface area contributed by atoms with Crippen LogP contribution < -0.4 is 0 Å². The Morgan fingerprint density at radius 1 is 1.47 bits per heavy atom. The van der Waals surface area contributed by atoms with Gasteiger partial charge in [0, 0.05) is 30.3 Å². The second-order valence-electron chi connectivity index (χ2n) is 3.52. The van der Waals surface area contributed by atoms with E-state index in [4.69, 9.17) is 4.74 Å². The molecule has 0 radical (unpaired) electrons. The average Bonchev–Trinajstić information content (AvgIpc) is 2.31. The van der Waals surface area contributed by atoms with Gasteiger partial charge in [0.05, 0.1) is 19.8 Å². The molecule has 0 saturated carbocycles. The quantitative estimate of drug-likeness (QED) is 0.772. The van der Waals surface area contributed by atoms with E-state index in [0.29, 0.717) is 6.04 Å². The Morgan fingerprint density at radius 3 is 3.00 bits per heavy atom. The zero-order valence-electron chi connectivity index (χ0n) is 8.47. The van der Waals surface area contributed by atoms with Gasteiger partial charge in [-0.15, -0.1) is 0 Å². The molecule has 0 spiro atoms. The van der Waals surface area contributed by atoms with E-state index in [1.54, 1.807) is 12.4 Å². The molecule has 5 heteroatoms. The SMILES string of the molecule is BrCC1COCCN1Cc1ncccn1. The Labute approximate surface area is 97.8 Å². The first-order chi connectivity index (χ1) is 7.40. The molecule has 1 atom stereocenters. The number of rotatable bonds is 3. The zero-order valence-corrected chi connectivity index (χ0v) is 10.1. The molecular weight excluding hydrogens is 258 g/mol. The highest BCUT2D eigenvalue weighted by atomic mass is 79.9. The molecule has 1 fully saturated rings. The van der Waals surface area contributed by atoms with Gasteiger partial charge in [0.2, 0.25) is 0 Å². The first-order valence-corrected chi connectivity index (χ1v) is 6.16. The van der Waals surface area contributed by atoms with Crippen molar-refractivity contribution in [1.82, 2.24) is 14.9 Å². The van der Waals surface area contributed by atoms with Crippen LogP contribution in [0.4, 0.5) is 0 Å². The van der Waals surface area contributed by atoms with Gasteiger partial charge in [-0.2, -0.15) is 0 Å². The zero-order chi connectivity index (χ0) is 10.5. The lowest BCUT2D eigenvalue weighted by Crippen LogP contribution is -2.46. The van der Waals surface area contributed by atoms with Crippen molar-refractivity contribution in [2.75, 3.05) is 25.1 Å². The van der Waals surface area contributed by atoms with E-state index in [0.717, 1.165) is 37.5 Å². The van der Waals surface area contributed by atoms with Crippen LogP contribution in [-0.2, 0) is 11.3 Å². The summed E-state index contributed by atoms with van der Waals surface area (Å²) < 4.78 is 5.43. The van der Waals surface area contributed by atoms with E-state index in [-0.39, 0.29) is 0 Å². The predicted molar refractivity (Wildman–Crippen MR) is 60.8 cm³/mol. The summed E-state index contributed by atoms with van der Waals surface area (Å²) in [6.07, 6.45) is 3.57. The smallest absolute Gasteiger partial charge is 0.142 e. The van der Waals surface area contributed by atoms with Crippen molar-refractivity contribution in [3.63, 3.8) is 0 Å². The molecule has 82 valence electrons. The van der Waals surface area contributed by atoms with Gasteiger partial charge in [0.1, 0.15) is 5.82 Å². The van der Waals surface area contributed by atoms with Gasteiger partial charge in [-0.3, -0.25) is 4.90 Å². The summed E-state index contributed by atoms with van der Waals surface area (Å²) in [6.45, 7) is 3.35. The van der Waals surface area contributed by atoms with E-state index in [2.05, 4.69) is 30.8 Å². The third-order valence-corrected chi connectivity index (χ3v) is 3.24. The molecule has 0 aliphatic carbocycles. The Bertz CT molecular complexity index is 296. The average molecular weight is 272 g/mol. The molecule has 4 nitrogen and oxygen atoms in total. The second-order valence-corrected chi connectivity index (χ2v) is 4.17. The molecule has 0 N–H and O–H groups in total. The number of halogens is 1. The van der Waals surface area contributed by atoms with Crippen LogP contribution in [0.2, 0.25) is 0 Å². The van der Waals surface area contributed by atoms with Gasteiger partial charge in [0.25, 0.3) is 0 Å². The van der Waals surface area contributed by atoms with Crippen LogP contribution in [0.15, 0.2) is 18.5 Å². The molecule has 0 amide bonds. The number of nitrogens with zero attached hydrogens (tertiary/aromatic N) is 3. The van der Waals surface area contributed by atoms with E-state index < -0.39 is 0 Å². The van der Waals surface area contributed by atoms with Crippen molar-refractivity contribution in [2.45, 2.75) is 12.6 Å². The number of morpholine rings is 1. The highest BCUT2D eigenvalue weighted by Crippen LogP contribution is 2.11. The fourth-order valence-corrected chi connectivity index (χ4v) is 2.23. The van der Waals surface area contributed by atoms with Crippen LogP contribution in [0, 0.1) is 0 Å². The minimum absolute atomic E-state index is 0.433. The van der Waals surface area contributed by atoms with E-state index in [1.807, 2.05) is 6.07 Å². The molecule has 1 aromatic heterocycles. The molecule has 1 aliphatic rings. The van der Waals surface area contributed by atoms with Gasteiger partial charge < -0.3 is 4.74 Å². The standard InChI is InChI=1S/C10H14BrN3O/c11-6-9-8-15-5-4-14(9)7-10-12-2-1-3-13-10/h1-3,9H,4-8H2. The first kappa shape index (κ1) is 11.0. The third kappa shape index (κ3) is 2.96. The highest BCUT2D eigenvalue weighted by Gasteiger charge is 2.22. The maximum atomic E-state index is 5.43. The normalized spacial score (nSPS) is 22.9. The van der Waals surface area contributed by atoms with Crippen LogP contribution in [0.25, 0.3) is 0 Å². The number of aromatic nitrogens is 2. The number of ether oxygens (including phenoxy) is 1. The van der Waals surface area contributed by atoms with Crippen molar-refractivity contribution < 1.29 is 4.74 Å². The van der Waals surface area contributed by atoms with Gasteiger partial charge in [-0.1, -0.05) is 15.9 Å². The molecule has 15 heavy (non-hydrogen) atoms. The fraction of sp³-hybridized carbons (Fsp3) is 0.600. The number of alkyl halides is 1. The van der Waals surface area contributed by atoms with Gasteiger partial charge in [-0.25, -0.2) is 9.97 Å². The lowest BCUT2D eigenvalue weighted by molar-refractivity contribution is -0.00326. The minimum atomic E-state index is 0.433. The van der Waals surface area contributed by atoms with Crippen LogP contribution >= 0.6 is 15.9 Å². The molecule has 1 unspecified atom stereocenters. The van der Waals surface area contributed by atoms with Gasteiger partial charge >= 0.3 is 0 Å². The summed E-state index contributed by atoms with van der Waals surface area (Å²) in [4.78, 5) is 10.8. The summed E-state index contributed by atoms with van der Waals surface area (Å²) in [5.74, 6) is 0.880. The van der Waals surface area contributed by atoms with Crippen LogP contribution in [0.1, 0.15) is 5.82 Å². The van der Waals surface area contributed by atoms with Crippen LogP contribution in [-0.4, -0.2) is 46.0 Å². The van der Waals surface area contributed by atoms with Crippen LogP contribution in [0.3, 0.4) is 0 Å². The van der Waals surface area contributed by atoms with Gasteiger partial charge in [-0.05, 0) is 6.07 Å². The fourth-order valence-electron chi connectivity index (χ4n) is 1.63. The monoisotopic (exact) mass is 271 g/mol. The summed E-state index contributed by atoms with van der Waals surface area (Å²) >= 11 is 3.50. The van der Waals surface area contributed by atoms with E-state index in [9.17, 15) is 0 Å². The van der Waals surface area contributed by atoms with Crippen molar-refractivity contribution in [2.24, 2.45) is 0 Å². The lowest BCUT2D eigenvalue weighted by Gasteiger charge is -2.33. The number of hydrogen-bond acceptors (Lipinski definition) is 4. The van der Waals surface area contributed by atoms with Crippen molar-refractivity contribution in [3.8, 4) is 0 Å². The molecular formula is C10H14BrN3O. The molecule has 1 aliphatic heterocycles. The van der Waals surface area contributed by atoms with Crippen molar-refractivity contribution in [1.29, 1.82) is 0 Å². The summed E-state index contributed by atoms with van der Waals surface area (Å²) in [5.41, 5.74) is 0. The van der Waals surface area contributed by atoms with E-state index in [1.165, 1.54) is 0 Å². The Morgan fingerprint density at radius 2 is 2.27 bits per heavy atom. The van der Waals surface area contributed by atoms with Crippen LogP contribution in [0.5, 0.6) is 0 Å². The Kier molecular flexibility index (Phi) is 4.05. The summed E-state index contributed by atoms with van der Waals surface area (Å²) in [7, 11) is 0. The molecule has 2 heterocycles. The molecule has 0 bridgehead atoms. The molecule has 0 aromatic carbocycles. The largest absolute Gasteiger partial charge is 0.378 e. The first-order valence-electron chi connectivity index (χ1n) is 5.04. The Hall–Kier alpha value is -0.520. The number of hydrogen-bond donors (Lipinski definition) is 0. The molecule has 1 saturated heterocycles.